The second-order valence-electron chi connectivity index (χ2n) is 11.2. The standard InChI is InChI=1S/C27H35NO5/c1-6-25(3)15(2)9-10-26(4)19(25)13-20(29)27(5)23(26)22(30)21-18(33-27)12-17(32-24(21)31)16-8-7-11-28-14-16/h7-8,11-12,14-15,19-20,22-23,29-30H,6,9-10,13H2,1-5H3/t15-,19?,20-,22-,23?,25+,26-,27+/m0/s1. The summed E-state index contributed by atoms with van der Waals surface area (Å²) in [6.07, 6.45) is 5.04. The molecule has 0 spiro atoms. The van der Waals surface area contributed by atoms with Gasteiger partial charge in [0.15, 0.2) is 0 Å². The van der Waals surface area contributed by atoms with Crippen LogP contribution in [-0.4, -0.2) is 26.9 Å². The molecule has 0 radical (unpaired) electrons. The van der Waals surface area contributed by atoms with Crippen molar-refractivity contribution in [3.05, 3.63) is 46.6 Å². The van der Waals surface area contributed by atoms with E-state index in [9.17, 15) is 15.0 Å². The van der Waals surface area contributed by atoms with Crippen LogP contribution in [0.15, 0.2) is 39.8 Å². The molecule has 33 heavy (non-hydrogen) atoms. The van der Waals surface area contributed by atoms with Crippen LogP contribution < -0.4 is 10.4 Å². The number of hydrogen-bond acceptors (Lipinski definition) is 6. The molecule has 6 nitrogen and oxygen atoms in total. The number of hydrogen-bond donors (Lipinski definition) is 2. The van der Waals surface area contributed by atoms with Gasteiger partial charge in [0.1, 0.15) is 22.7 Å². The van der Waals surface area contributed by atoms with Crippen LogP contribution in [0.3, 0.4) is 0 Å². The Morgan fingerprint density at radius 1 is 1.24 bits per heavy atom. The molecule has 0 aromatic carbocycles. The second-order valence-corrected chi connectivity index (χ2v) is 11.2. The normalized spacial score (nSPS) is 42.0. The van der Waals surface area contributed by atoms with Crippen molar-refractivity contribution in [2.24, 2.45) is 28.6 Å². The highest BCUT2D eigenvalue weighted by atomic mass is 16.5. The molecule has 2 aliphatic carbocycles. The zero-order chi connectivity index (χ0) is 23.8. The highest BCUT2D eigenvalue weighted by Crippen LogP contribution is 2.68. The van der Waals surface area contributed by atoms with Gasteiger partial charge in [0, 0.05) is 29.9 Å². The zero-order valence-electron chi connectivity index (χ0n) is 20.2. The topological polar surface area (TPSA) is 92.8 Å². The SMILES string of the molecule is CC[C@@]1(C)C2C[C@H](O)[C@@]3(C)Oc4cc(-c5cccnc5)oc(=O)c4[C@H](O)C3[C@@]2(C)CC[C@@H]1C. The first-order chi connectivity index (χ1) is 15.6. The Labute approximate surface area is 195 Å². The summed E-state index contributed by atoms with van der Waals surface area (Å²) >= 11 is 0. The van der Waals surface area contributed by atoms with Gasteiger partial charge in [-0.15, -0.1) is 0 Å². The minimum absolute atomic E-state index is 0.0458. The number of aliphatic hydroxyl groups is 2. The van der Waals surface area contributed by atoms with Crippen molar-refractivity contribution in [3.63, 3.8) is 0 Å². The third-order valence-electron chi connectivity index (χ3n) is 9.88. The Hall–Kier alpha value is -2.18. The van der Waals surface area contributed by atoms with Gasteiger partial charge in [-0.2, -0.15) is 0 Å². The molecular formula is C27H35NO5. The number of aromatic nitrogens is 1. The molecule has 2 fully saturated rings. The maximum Gasteiger partial charge on any atom is 0.345 e. The molecule has 2 unspecified atom stereocenters. The van der Waals surface area contributed by atoms with E-state index >= 15 is 0 Å². The van der Waals surface area contributed by atoms with Crippen molar-refractivity contribution in [1.82, 2.24) is 4.98 Å². The molecule has 2 aromatic rings. The van der Waals surface area contributed by atoms with E-state index in [1.165, 1.54) is 0 Å². The molecule has 0 saturated heterocycles. The summed E-state index contributed by atoms with van der Waals surface area (Å²) in [7, 11) is 0. The van der Waals surface area contributed by atoms with E-state index in [1.807, 2.05) is 6.92 Å². The molecule has 0 bridgehead atoms. The van der Waals surface area contributed by atoms with Crippen molar-refractivity contribution < 1.29 is 19.4 Å². The van der Waals surface area contributed by atoms with E-state index in [0.717, 1.165) is 19.3 Å². The van der Waals surface area contributed by atoms with Crippen molar-refractivity contribution in [2.75, 3.05) is 0 Å². The third kappa shape index (κ3) is 2.99. The van der Waals surface area contributed by atoms with Crippen molar-refractivity contribution >= 4 is 0 Å². The van der Waals surface area contributed by atoms with Crippen LogP contribution >= 0.6 is 0 Å². The highest BCUT2D eigenvalue weighted by Gasteiger charge is 2.68. The maximum atomic E-state index is 13.1. The summed E-state index contributed by atoms with van der Waals surface area (Å²) in [5.41, 5.74) is -1.02. The predicted octanol–water partition coefficient (Wildman–Crippen LogP) is 4.74. The van der Waals surface area contributed by atoms with E-state index in [4.69, 9.17) is 9.15 Å². The maximum absolute atomic E-state index is 13.1. The van der Waals surface area contributed by atoms with E-state index in [2.05, 4.69) is 32.7 Å². The predicted molar refractivity (Wildman–Crippen MR) is 125 cm³/mol. The van der Waals surface area contributed by atoms with Crippen LogP contribution in [0.5, 0.6) is 5.75 Å². The van der Waals surface area contributed by atoms with Gasteiger partial charge in [-0.05, 0) is 61.0 Å². The molecule has 5 rings (SSSR count). The van der Waals surface area contributed by atoms with Gasteiger partial charge in [0.25, 0.3) is 0 Å². The summed E-state index contributed by atoms with van der Waals surface area (Å²) in [6, 6.07) is 5.22. The number of pyridine rings is 1. The van der Waals surface area contributed by atoms with Crippen LogP contribution in [0, 0.1) is 28.6 Å². The van der Waals surface area contributed by atoms with E-state index in [1.54, 1.807) is 30.6 Å². The number of ether oxygens (including phenoxy) is 1. The van der Waals surface area contributed by atoms with E-state index < -0.39 is 29.4 Å². The summed E-state index contributed by atoms with van der Waals surface area (Å²) in [4.78, 5) is 17.2. The fourth-order valence-electron chi connectivity index (χ4n) is 7.65. The minimum atomic E-state index is -1.07. The lowest BCUT2D eigenvalue weighted by molar-refractivity contribution is -0.253. The van der Waals surface area contributed by atoms with Gasteiger partial charge in [0.05, 0.1) is 12.2 Å². The van der Waals surface area contributed by atoms with Gasteiger partial charge in [0.2, 0.25) is 0 Å². The monoisotopic (exact) mass is 453 g/mol. The lowest BCUT2D eigenvalue weighted by Gasteiger charge is -2.67. The molecule has 8 atom stereocenters. The van der Waals surface area contributed by atoms with Crippen LogP contribution in [-0.2, 0) is 0 Å². The molecule has 6 heteroatoms. The molecule has 1 aliphatic heterocycles. The first-order valence-corrected chi connectivity index (χ1v) is 12.2. The van der Waals surface area contributed by atoms with E-state index in [-0.39, 0.29) is 22.3 Å². The van der Waals surface area contributed by atoms with Crippen LogP contribution in [0.2, 0.25) is 0 Å². The number of aliphatic hydroxyl groups excluding tert-OH is 2. The molecule has 2 N–H and O–H groups in total. The molecule has 3 heterocycles. The summed E-state index contributed by atoms with van der Waals surface area (Å²) < 4.78 is 12.1. The minimum Gasteiger partial charge on any atom is -0.484 e. The lowest BCUT2D eigenvalue weighted by Crippen LogP contribution is -2.69. The number of rotatable bonds is 2. The summed E-state index contributed by atoms with van der Waals surface area (Å²) in [6.45, 7) is 11.0. The second kappa shape index (κ2) is 7.41. The van der Waals surface area contributed by atoms with E-state index in [0.29, 0.717) is 29.4 Å². The molecule has 2 saturated carbocycles. The largest absolute Gasteiger partial charge is 0.484 e. The molecular weight excluding hydrogens is 418 g/mol. The van der Waals surface area contributed by atoms with Crippen molar-refractivity contribution in [2.45, 2.75) is 78.1 Å². The van der Waals surface area contributed by atoms with Crippen molar-refractivity contribution in [3.8, 4) is 17.1 Å². The summed E-state index contributed by atoms with van der Waals surface area (Å²) in [5.74, 6) is 0.948. The van der Waals surface area contributed by atoms with Crippen LogP contribution in [0.25, 0.3) is 11.3 Å². The quantitative estimate of drug-likeness (QED) is 0.683. The lowest BCUT2D eigenvalue weighted by atomic mass is 9.41. The average molecular weight is 454 g/mol. The smallest absolute Gasteiger partial charge is 0.345 e. The average Bonchev–Trinajstić information content (AvgIpc) is 2.78. The Bertz CT molecular complexity index is 1120. The van der Waals surface area contributed by atoms with Crippen molar-refractivity contribution in [1.29, 1.82) is 0 Å². The summed E-state index contributed by atoms with van der Waals surface area (Å²) in [5, 5.41) is 23.2. The molecule has 178 valence electrons. The van der Waals surface area contributed by atoms with Gasteiger partial charge >= 0.3 is 5.63 Å². The molecule has 3 aliphatic rings. The van der Waals surface area contributed by atoms with Gasteiger partial charge in [-0.1, -0.05) is 34.1 Å². The van der Waals surface area contributed by atoms with Gasteiger partial charge in [-0.3, -0.25) is 4.98 Å². The highest BCUT2D eigenvalue weighted by molar-refractivity contribution is 5.59. The first kappa shape index (κ1) is 22.6. The van der Waals surface area contributed by atoms with Crippen LogP contribution in [0.1, 0.15) is 72.0 Å². The van der Waals surface area contributed by atoms with Gasteiger partial charge < -0.3 is 19.4 Å². The fraction of sp³-hybridized carbons (Fsp3) is 0.630. The Morgan fingerprint density at radius 2 is 2.00 bits per heavy atom. The Balaban J connectivity index is 1.65. The Kier molecular flexibility index (Phi) is 5.07. The Morgan fingerprint density at radius 3 is 2.67 bits per heavy atom. The third-order valence-corrected chi connectivity index (χ3v) is 9.88. The first-order valence-electron chi connectivity index (χ1n) is 12.2. The molecule has 2 aromatic heterocycles. The fourth-order valence-corrected chi connectivity index (χ4v) is 7.65. The molecule has 0 amide bonds. The van der Waals surface area contributed by atoms with Gasteiger partial charge in [-0.25, -0.2) is 4.79 Å². The van der Waals surface area contributed by atoms with Crippen LogP contribution in [0.4, 0.5) is 0 Å². The number of fused-ring (bicyclic) bond motifs is 4. The zero-order valence-corrected chi connectivity index (χ0v) is 20.2. The number of nitrogens with zero attached hydrogens (tertiary/aromatic N) is 1.